The quantitative estimate of drug-likeness (QED) is 0.682. The lowest BCUT2D eigenvalue weighted by atomic mass is 10.1. The first kappa shape index (κ1) is 19.9. The molecule has 7 nitrogen and oxygen atoms in total. The van der Waals surface area contributed by atoms with Gasteiger partial charge < -0.3 is 20.6 Å². The highest BCUT2D eigenvalue weighted by Gasteiger charge is 2.30. The van der Waals surface area contributed by atoms with Crippen LogP contribution in [-0.4, -0.2) is 66.1 Å². The fraction of sp³-hybridized carbons (Fsp3) is 0.333. The number of rotatable bonds is 7. The molecular formula is C21H26N4O3. The zero-order chi connectivity index (χ0) is 19.9. The third-order valence-electron chi connectivity index (χ3n) is 4.87. The van der Waals surface area contributed by atoms with Crippen LogP contribution in [0, 0.1) is 0 Å². The Hall–Kier alpha value is -2.90. The first-order valence-electron chi connectivity index (χ1n) is 9.38. The highest BCUT2D eigenvalue weighted by Crippen LogP contribution is 2.19. The third kappa shape index (κ3) is 5.55. The van der Waals surface area contributed by atoms with Crippen molar-refractivity contribution in [2.24, 2.45) is 0 Å². The molecule has 3 rings (SSSR count). The normalized spacial score (nSPS) is 16.3. The van der Waals surface area contributed by atoms with Gasteiger partial charge in [-0.3, -0.25) is 14.5 Å². The van der Waals surface area contributed by atoms with Crippen LogP contribution in [0.4, 0.5) is 17.1 Å². The van der Waals surface area contributed by atoms with Crippen molar-refractivity contribution in [2.75, 3.05) is 43.9 Å². The number of carbonyl (C=O) groups is 2. The largest absolute Gasteiger partial charge is 0.480 e. The fourth-order valence-corrected chi connectivity index (χ4v) is 3.22. The van der Waals surface area contributed by atoms with E-state index in [4.69, 9.17) is 0 Å². The van der Waals surface area contributed by atoms with E-state index in [9.17, 15) is 14.7 Å². The van der Waals surface area contributed by atoms with Crippen molar-refractivity contribution >= 4 is 28.9 Å². The van der Waals surface area contributed by atoms with Crippen molar-refractivity contribution in [1.29, 1.82) is 0 Å². The van der Waals surface area contributed by atoms with Gasteiger partial charge >= 0.3 is 5.97 Å². The molecule has 0 aromatic heterocycles. The monoisotopic (exact) mass is 382 g/mol. The lowest BCUT2D eigenvalue weighted by Gasteiger charge is -2.35. The number of hydrogen-bond acceptors (Lipinski definition) is 5. The lowest BCUT2D eigenvalue weighted by Crippen LogP contribution is -2.52. The molecule has 1 saturated heterocycles. The number of likely N-dealkylation sites (N-methyl/N-ethyl adjacent to an activating group) is 1. The summed E-state index contributed by atoms with van der Waals surface area (Å²) in [5.41, 5.74) is 2.53. The number of aliphatic carboxylic acids is 1. The molecule has 2 aromatic rings. The van der Waals surface area contributed by atoms with Gasteiger partial charge in [-0.05, 0) is 43.4 Å². The number of piperazine rings is 1. The number of para-hydroxylation sites is 1. The summed E-state index contributed by atoms with van der Waals surface area (Å²) in [5, 5.41) is 15.6. The van der Waals surface area contributed by atoms with Crippen molar-refractivity contribution in [1.82, 2.24) is 9.80 Å². The molecule has 1 fully saturated rings. The highest BCUT2D eigenvalue weighted by atomic mass is 16.4. The van der Waals surface area contributed by atoms with Gasteiger partial charge in [0, 0.05) is 43.2 Å². The van der Waals surface area contributed by atoms with E-state index in [0.717, 1.165) is 24.5 Å². The number of anilines is 3. The molecule has 2 aromatic carbocycles. The second-order valence-electron chi connectivity index (χ2n) is 7.01. The molecule has 3 N–H and O–H groups in total. The van der Waals surface area contributed by atoms with Crippen LogP contribution in [0.1, 0.15) is 6.42 Å². The van der Waals surface area contributed by atoms with Crippen LogP contribution in [0.2, 0.25) is 0 Å². The van der Waals surface area contributed by atoms with Gasteiger partial charge in [-0.25, -0.2) is 0 Å². The molecule has 7 heteroatoms. The number of benzene rings is 2. The molecule has 1 aliphatic heterocycles. The summed E-state index contributed by atoms with van der Waals surface area (Å²) in [6, 6.07) is 16.4. The molecule has 0 aliphatic carbocycles. The average Bonchev–Trinajstić information content (AvgIpc) is 2.69. The van der Waals surface area contributed by atoms with Gasteiger partial charge in [0.25, 0.3) is 0 Å². The van der Waals surface area contributed by atoms with Gasteiger partial charge in [0.2, 0.25) is 5.91 Å². The number of carbonyl (C=O) groups excluding carboxylic acids is 1. The van der Waals surface area contributed by atoms with Crippen LogP contribution in [0.25, 0.3) is 0 Å². The number of carboxylic acids is 1. The van der Waals surface area contributed by atoms with Crippen LogP contribution < -0.4 is 10.6 Å². The van der Waals surface area contributed by atoms with Crippen molar-refractivity contribution in [3.05, 3.63) is 54.6 Å². The predicted octanol–water partition coefficient (Wildman–Crippen LogP) is 2.46. The number of amides is 1. The first-order chi connectivity index (χ1) is 13.5. The van der Waals surface area contributed by atoms with E-state index in [-0.39, 0.29) is 12.3 Å². The maximum Gasteiger partial charge on any atom is 0.321 e. The molecule has 0 unspecified atom stereocenters. The lowest BCUT2D eigenvalue weighted by molar-refractivity contribution is -0.145. The fourth-order valence-electron chi connectivity index (χ4n) is 3.22. The Balaban J connectivity index is 1.55. The SMILES string of the molecule is CN1CCN([C@H](CC(=O)Nc2ccc(Nc3ccccc3)cc2)C(=O)O)CC1. The summed E-state index contributed by atoms with van der Waals surface area (Å²) in [7, 11) is 2.01. The van der Waals surface area contributed by atoms with E-state index in [2.05, 4.69) is 15.5 Å². The number of nitrogens with zero attached hydrogens (tertiary/aromatic N) is 2. The number of carboxylic acid groups (broad SMARTS) is 1. The van der Waals surface area contributed by atoms with E-state index in [1.807, 2.05) is 54.4 Å². The predicted molar refractivity (Wildman–Crippen MR) is 110 cm³/mol. The smallest absolute Gasteiger partial charge is 0.321 e. The average molecular weight is 382 g/mol. The summed E-state index contributed by atoms with van der Waals surface area (Å²) < 4.78 is 0. The summed E-state index contributed by atoms with van der Waals surface area (Å²) >= 11 is 0. The van der Waals surface area contributed by atoms with Crippen molar-refractivity contribution in [3.8, 4) is 0 Å². The Morgan fingerprint density at radius 2 is 1.50 bits per heavy atom. The Bertz CT molecular complexity index is 787. The maximum atomic E-state index is 12.4. The van der Waals surface area contributed by atoms with Gasteiger partial charge in [0.15, 0.2) is 0 Å². The van der Waals surface area contributed by atoms with Gasteiger partial charge in [-0.15, -0.1) is 0 Å². The minimum Gasteiger partial charge on any atom is -0.480 e. The Kier molecular flexibility index (Phi) is 6.62. The molecule has 0 saturated carbocycles. The molecular weight excluding hydrogens is 356 g/mol. The van der Waals surface area contributed by atoms with Crippen molar-refractivity contribution in [2.45, 2.75) is 12.5 Å². The molecule has 0 bridgehead atoms. The zero-order valence-corrected chi connectivity index (χ0v) is 16.0. The van der Waals surface area contributed by atoms with Gasteiger partial charge in [-0.1, -0.05) is 18.2 Å². The summed E-state index contributed by atoms with van der Waals surface area (Å²) in [4.78, 5) is 28.0. The molecule has 1 aliphatic rings. The van der Waals surface area contributed by atoms with Gasteiger partial charge in [0.1, 0.15) is 6.04 Å². The van der Waals surface area contributed by atoms with E-state index in [1.54, 1.807) is 12.1 Å². The second-order valence-corrected chi connectivity index (χ2v) is 7.01. The number of nitrogens with one attached hydrogen (secondary N) is 2. The van der Waals surface area contributed by atoms with Crippen LogP contribution >= 0.6 is 0 Å². The van der Waals surface area contributed by atoms with Crippen LogP contribution in [-0.2, 0) is 9.59 Å². The van der Waals surface area contributed by atoms with E-state index in [1.165, 1.54) is 0 Å². The summed E-state index contributed by atoms with van der Waals surface area (Å²) in [6.45, 7) is 2.92. The topological polar surface area (TPSA) is 84.9 Å². The van der Waals surface area contributed by atoms with Gasteiger partial charge in [0.05, 0.1) is 6.42 Å². The Morgan fingerprint density at radius 3 is 2.11 bits per heavy atom. The molecule has 0 spiro atoms. The van der Waals surface area contributed by atoms with E-state index < -0.39 is 12.0 Å². The van der Waals surface area contributed by atoms with Crippen LogP contribution in [0.5, 0.6) is 0 Å². The molecule has 1 amide bonds. The standard InChI is InChI=1S/C21H26N4O3/c1-24-11-13-25(14-12-24)19(21(27)28)15-20(26)23-18-9-7-17(8-10-18)22-16-5-3-2-4-6-16/h2-10,19,22H,11-15H2,1H3,(H,23,26)(H,27,28)/t19-/m1/s1. The zero-order valence-electron chi connectivity index (χ0n) is 16.0. The van der Waals surface area contributed by atoms with Gasteiger partial charge in [-0.2, -0.15) is 0 Å². The van der Waals surface area contributed by atoms with Crippen LogP contribution in [0.15, 0.2) is 54.6 Å². The minimum absolute atomic E-state index is 0.0664. The van der Waals surface area contributed by atoms with Crippen molar-refractivity contribution < 1.29 is 14.7 Å². The molecule has 0 radical (unpaired) electrons. The van der Waals surface area contributed by atoms with Crippen molar-refractivity contribution in [3.63, 3.8) is 0 Å². The molecule has 1 atom stereocenters. The third-order valence-corrected chi connectivity index (χ3v) is 4.87. The highest BCUT2D eigenvalue weighted by molar-refractivity contribution is 5.94. The molecule has 1 heterocycles. The van der Waals surface area contributed by atoms with E-state index in [0.29, 0.717) is 18.8 Å². The Morgan fingerprint density at radius 1 is 0.929 bits per heavy atom. The van der Waals surface area contributed by atoms with Crippen LogP contribution in [0.3, 0.4) is 0 Å². The second kappa shape index (κ2) is 9.34. The Labute approximate surface area is 165 Å². The molecule has 148 valence electrons. The first-order valence-corrected chi connectivity index (χ1v) is 9.38. The van der Waals surface area contributed by atoms with E-state index >= 15 is 0 Å². The molecule has 28 heavy (non-hydrogen) atoms. The summed E-state index contributed by atoms with van der Waals surface area (Å²) in [6.07, 6.45) is -0.0664. The summed E-state index contributed by atoms with van der Waals surface area (Å²) in [5.74, 6) is -1.25. The maximum absolute atomic E-state index is 12.4. The number of hydrogen-bond donors (Lipinski definition) is 3. The minimum atomic E-state index is -0.956.